The zero-order valence-corrected chi connectivity index (χ0v) is 18.1. The van der Waals surface area contributed by atoms with E-state index in [1.54, 1.807) is 4.57 Å². The summed E-state index contributed by atoms with van der Waals surface area (Å²) in [6, 6.07) is -0.0738. The predicted molar refractivity (Wildman–Crippen MR) is 111 cm³/mol. The van der Waals surface area contributed by atoms with Crippen LogP contribution in [0.4, 0.5) is 11.8 Å². The number of nitrogen functional groups attached to an aromatic ring is 1. The van der Waals surface area contributed by atoms with Crippen molar-refractivity contribution in [2.75, 3.05) is 17.7 Å². The van der Waals surface area contributed by atoms with Crippen LogP contribution in [0.25, 0.3) is 11.2 Å². The summed E-state index contributed by atoms with van der Waals surface area (Å²) in [6.07, 6.45) is -2.03. The number of piperidine rings is 1. The van der Waals surface area contributed by atoms with Gasteiger partial charge in [-0.25, -0.2) is 15.0 Å². The highest BCUT2D eigenvalue weighted by molar-refractivity contribution is 5.84. The highest BCUT2D eigenvalue weighted by Gasteiger charge is 2.47. The molecule has 4 rings (SSSR count). The first kappa shape index (κ1) is 22.1. The number of imidazole rings is 1. The van der Waals surface area contributed by atoms with Crippen LogP contribution in [-0.2, 0) is 4.74 Å². The average molecular weight is 438 g/mol. The van der Waals surface area contributed by atoms with Crippen LogP contribution in [0.15, 0.2) is 6.33 Å². The maximum Gasteiger partial charge on any atom is 0.207 e. The van der Waals surface area contributed by atoms with Gasteiger partial charge in [-0.1, -0.05) is 0 Å². The Balaban J connectivity index is 1.75. The van der Waals surface area contributed by atoms with Crippen LogP contribution in [0, 0.1) is 0 Å². The Morgan fingerprint density at radius 3 is 2.39 bits per heavy atom. The Morgan fingerprint density at radius 2 is 1.81 bits per heavy atom. The van der Waals surface area contributed by atoms with Gasteiger partial charge >= 0.3 is 0 Å². The number of hydrogen-bond acceptors (Lipinski definition) is 11. The van der Waals surface area contributed by atoms with Gasteiger partial charge in [0.1, 0.15) is 24.6 Å². The van der Waals surface area contributed by atoms with Crippen LogP contribution in [0.1, 0.15) is 46.8 Å². The molecule has 0 saturated carbocycles. The number of aliphatic hydroxyl groups excluding tert-OH is 3. The van der Waals surface area contributed by atoms with Gasteiger partial charge in [0, 0.05) is 17.1 Å². The fourth-order valence-electron chi connectivity index (χ4n) is 4.92. The summed E-state index contributed by atoms with van der Waals surface area (Å²) in [5.74, 6) is 0.518. The molecular formula is C19H31N7O5. The van der Waals surface area contributed by atoms with Gasteiger partial charge in [-0.05, 0) is 40.5 Å². The van der Waals surface area contributed by atoms with Gasteiger partial charge in [0.25, 0.3) is 0 Å². The minimum absolute atomic E-state index is 0.0738. The lowest BCUT2D eigenvalue weighted by atomic mass is 9.79. The second kappa shape index (κ2) is 7.50. The van der Waals surface area contributed by atoms with E-state index in [1.165, 1.54) is 11.4 Å². The number of rotatable bonds is 4. The number of fused-ring (bicyclic) bond motifs is 1. The standard InChI is InChI=1S/C19H31N7O5/c1-18(2)5-9(6-19(3,4)26(18)30)23-17-24-11-14(20)21-8-22-15(11)25(17)16-13(29)12(28)10(7-27)31-16/h8-10,12-13,16,27-30H,5-7H2,1-4H3,(H,23,24)(H2,20,21,22). The van der Waals surface area contributed by atoms with E-state index in [4.69, 9.17) is 10.5 Å². The third kappa shape index (κ3) is 3.62. The van der Waals surface area contributed by atoms with Gasteiger partial charge in [0.15, 0.2) is 23.2 Å². The van der Waals surface area contributed by atoms with E-state index in [2.05, 4.69) is 20.3 Å². The third-order valence-corrected chi connectivity index (χ3v) is 6.25. The molecule has 0 aliphatic carbocycles. The number of anilines is 2. The molecule has 2 aliphatic rings. The van der Waals surface area contributed by atoms with E-state index in [1.807, 2.05) is 27.7 Å². The first-order chi connectivity index (χ1) is 14.5. The normalized spacial score (nSPS) is 31.4. The minimum Gasteiger partial charge on any atom is -0.394 e. The van der Waals surface area contributed by atoms with Crippen molar-refractivity contribution in [3.63, 3.8) is 0 Å². The Hall–Kier alpha value is -2.09. The zero-order valence-electron chi connectivity index (χ0n) is 18.1. The molecule has 0 radical (unpaired) electrons. The van der Waals surface area contributed by atoms with Crippen molar-refractivity contribution in [3.05, 3.63) is 6.33 Å². The smallest absolute Gasteiger partial charge is 0.207 e. The lowest BCUT2D eigenvalue weighted by Crippen LogP contribution is -2.61. The molecule has 0 aromatic carbocycles. The largest absolute Gasteiger partial charge is 0.394 e. The molecule has 31 heavy (non-hydrogen) atoms. The molecule has 2 aromatic heterocycles. The van der Waals surface area contributed by atoms with Crippen molar-refractivity contribution in [2.45, 2.75) is 82.2 Å². The van der Waals surface area contributed by atoms with E-state index in [9.17, 15) is 20.5 Å². The van der Waals surface area contributed by atoms with Gasteiger partial charge in [0.2, 0.25) is 5.95 Å². The summed E-state index contributed by atoms with van der Waals surface area (Å²) < 4.78 is 7.28. The molecule has 2 aromatic rings. The minimum atomic E-state index is -1.31. The van der Waals surface area contributed by atoms with Gasteiger partial charge in [0.05, 0.1) is 6.61 Å². The fourth-order valence-corrected chi connectivity index (χ4v) is 4.92. The van der Waals surface area contributed by atoms with E-state index in [0.29, 0.717) is 30.0 Å². The topological polar surface area (TPSA) is 175 Å². The number of aromatic nitrogens is 4. The maximum atomic E-state index is 10.6. The molecule has 4 heterocycles. The predicted octanol–water partition coefficient (Wildman–Crippen LogP) is -0.157. The summed E-state index contributed by atoms with van der Waals surface area (Å²) >= 11 is 0. The van der Waals surface area contributed by atoms with Crippen molar-refractivity contribution >= 4 is 22.9 Å². The first-order valence-electron chi connectivity index (χ1n) is 10.3. The molecular weight excluding hydrogens is 406 g/mol. The third-order valence-electron chi connectivity index (χ3n) is 6.25. The lowest BCUT2D eigenvalue weighted by molar-refractivity contribution is -0.243. The quantitative estimate of drug-likeness (QED) is 0.375. The molecule has 12 nitrogen and oxygen atoms in total. The van der Waals surface area contributed by atoms with Crippen molar-refractivity contribution in [3.8, 4) is 0 Å². The Bertz CT molecular complexity index is 947. The van der Waals surface area contributed by atoms with E-state index >= 15 is 0 Å². The number of ether oxygens (including phenoxy) is 1. The number of nitrogens with two attached hydrogens (primary N) is 1. The summed E-state index contributed by atoms with van der Waals surface area (Å²) in [7, 11) is 0. The van der Waals surface area contributed by atoms with Crippen LogP contribution in [0.5, 0.6) is 0 Å². The number of aliphatic hydroxyl groups is 3. The summed E-state index contributed by atoms with van der Waals surface area (Å²) in [6.45, 7) is 7.39. The molecule has 4 atom stereocenters. The first-order valence-corrected chi connectivity index (χ1v) is 10.3. The maximum absolute atomic E-state index is 10.6. The van der Waals surface area contributed by atoms with E-state index < -0.39 is 42.2 Å². The van der Waals surface area contributed by atoms with Crippen LogP contribution < -0.4 is 11.1 Å². The zero-order chi connectivity index (χ0) is 22.7. The van der Waals surface area contributed by atoms with Gasteiger partial charge < -0.3 is 36.3 Å². The van der Waals surface area contributed by atoms with Crippen molar-refractivity contribution < 1.29 is 25.3 Å². The Morgan fingerprint density at radius 1 is 1.16 bits per heavy atom. The molecule has 2 aliphatic heterocycles. The SMILES string of the molecule is CC1(C)CC(Nc2nc3c(N)ncnc3n2C2OC(CO)C(O)C2O)CC(C)(C)N1O. The number of hydroxylamine groups is 2. The second-order valence-electron chi connectivity index (χ2n) is 9.65. The molecule has 172 valence electrons. The fraction of sp³-hybridized carbons (Fsp3) is 0.737. The number of nitrogens with zero attached hydrogens (tertiary/aromatic N) is 5. The van der Waals surface area contributed by atoms with E-state index in [0.717, 1.165) is 0 Å². The van der Waals surface area contributed by atoms with Gasteiger partial charge in [-0.3, -0.25) is 4.57 Å². The highest BCUT2D eigenvalue weighted by Crippen LogP contribution is 2.40. The van der Waals surface area contributed by atoms with Crippen LogP contribution in [0.3, 0.4) is 0 Å². The molecule has 0 amide bonds. The molecule has 0 bridgehead atoms. The molecule has 12 heteroatoms. The Kier molecular flexibility index (Phi) is 5.35. The van der Waals surface area contributed by atoms with Crippen molar-refractivity contribution in [1.82, 2.24) is 24.6 Å². The number of nitrogens with one attached hydrogen (secondary N) is 1. The Labute approximate surface area is 179 Å². The molecule has 2 fully saturated rings. The molecule has 2 saturated heterocycles. The summed E-state index contributed by atoms with van der Waals surface area (Å²) in [5.41, 5.74) is 5.69. The molecule has 4 unspecified atom stereocenters. The van der Waals surface area contributed by atoms with Gasteiger partial charge in [-0.2, -0.15) is 5.06 Å². The van der Waals surface area contributed by atoms with Crippen LogP contribution in [-0.4, -0.2) is 87.1 Å². The lowest BCUT2D eigenvalue weighted by Gasteiger charge is -2.51. The molecule has 0 spiro atoms. The van der Waals surface area contributed by atoms with Crippen molar-refractivity contribution in [2.24, 2.45) is 0 Å². The summed E-state index contributed by atoms with van der Waals surface area (Å²) in [5, 5.41) is 45.7. The average Bonchev–Trinajstić information content (AvgIpc) is 3.17. The number of hydrogen-bond donors (Lipinski definition) is 6. The van der Waals surface area contributed by atoms with Gasteiger partial charge in [-0.15, -0.1) is 0 Å². The summed E-state index contributed by atoms with van der Waals surface area (Å²) in [4.78, 5) is 12.8. The second-order valence-corrected chi connectivity index (χ2v) is 9.65. The molecule has 7 N–H and O–H groups in total. The van der Waals surface area contributed by atoms with Crippen LogP contribution >= 0.6 is 0 Å². The van der Waals surface area contributed by atoms with Crippen LogP contribution in [0.2, 0.25) is 0 Å². The monoisotopic (exact) mass is 437 g/mol. The highest BCUT2D eigenvalue weighted by atomic mass is 16.6. The van der Waals surface area contributed by atoms with E-state index in [-0.39, 0.29) is 11.9 Å². The van der Waals surface area contributed by atoms with Crippen molar-refractivity contribution in [1.29, 1.82) is 0 Å².